The van der Waals surface area contributed by atoms with Gasteiger partial charge >= 0.3 is 0 Å². The van der Waals surface area contributed by atoms with Crippen molar-refractivity contribution in [1.29, 1.82) is 0 Å². The minimum absolute atomic E-state index is 0.0702. The number of hydrogen-bond donors (Lipinski definition) is 2. The number of amides is 2. The van der Waals surface area contributed by atoms with Crippen molar-refractivity contribution in [2.24, 2.45) is 0 Å². The molecule has 2 heterocycles. The van der Waals surface area contributed by atoms with Gasteiger partial charge in [-0.2, -0.15) is 16.9 Å². The van der Waals surface area contributed by atoms with Crippen molar-refractivity contribution in [2.75, 3.05) is 16.8 Å². The third-order valence-corrected chi connectivity index (χ3v) is 4.38. The van der Waals surface area contributed by atoms with E-state index >= 15 is 0 Å². The maximum atomic E-state index is 12.2. The molecule has 0 saturated carbocycles. The van der Waals surface area contributed by atoms with Gasteiger partial charge < -0.3 is 10.6 Å². The summed E-state index contributed by atoms with van der Waals surface area (Å²) in [5.74, 6) is 1.10. The smallest absolute Gasteiger partial charge is 0.247 e. The van der Waals surface area contributed by atoms with Crippen LogP contribution in [0.15, 0.2) is 42.7 Å². The number of thioether (sulfide) groups is 1. The highest BCUT2D eigenvalue weighted by Crippen LogP contribution is 2.15. The van der Waals surface area contributed by atoms with E-state index in [1.807, 2.05) is 36.5 Å². The van der Waals surface area contributed by atoms with Crippen molar-refractivity contribution >= 4 is 29.3 Å². The van der Waals surface area contributed by atoms with Gasteiger partial charge in [-0.05, 0) is 30.3 Å². The summed E-state index contributed by atoms with van der Waals surface area (Å²) in [5, 5.41) is 9.73. The van der Waals surface area contributed by atoms with Crippen LogP contribution in [0, 0.1) is 0 Å². The number of rotatable bonds is 3. The number of nitrogens with one attached hydrogen (secondary N) is 2. The maximum absolute atomic E-state index is 12.2. The molecule has 1 atom stereocenters. The minimum Gasteiger partial charge on any atom is -0.343 e. The number of carbonyl (C=O) groups excluding carboxylic acids is 2. The van der Waals surface area contributed by atoms with Crippen molar-refractivity contribution in [3.05, 3.63) is 42.7 Å². The summed E-state index contributed by atoms with van der Waals surface area (Å²) in [4.78, 5) is 23.7. The van der Waals surface area contributed by atoms with Gasteiger partial charge in [0.25, 0.3) is 0 Å². The Bertz CT molecular complexity index is 655. The molecule has 0 bridgehead atoms. The Morgan fingerprint density at radius 2 is 2.18 bits per heavy atom. The van der Waals surface area contributed by atoms with Gasteiger partial charge in [0.15, 0.2) is 0 Å². The van der Waals surface area contributed by atoms with Crippen molar-refractivity contribution in [3.63, 3.8) is 0 Å². The van der Waals surface area contributed by atoms with Crippen molar-refractivity contribution < 1.29 is 9.59 Å². The lowest BCUT2D eigenvalue weighted by Crippen LogP contribution is -2.44. The Morgan fingerprint density at radius 3 is 2.91 bits per heavy atom. The molecule has 2 amide bonds. The maximum Gasteiger partial charge on any atom is 0.247 e. The highest BCUT2D eigenvalue weighted by atomic mass is 32.2. The molecule has 114 valence electrons. The van der Waals surface area contributed by atoms with E-state index in [1.165, 1.54) is 0 Å². The third-order valence-electron chi connectivity index (χ3n) is 3.31. The lowest BCUT2D eigenvalue weighted by atomic mass is 10.2. The van der Waals surface area contributed by atoms with E-state index in [0.717, 1.165) is 11.4 Å². The number of anilines is 1. The van der Waals surface area contributed by atoms with Gasteiger partial charge in [-0.25, -0.2) is 4.68 Å². The molecular formula is C15H16N4O2S. The topological polar surface area (TPSA) is 76.0 Å². The summed E-state index contributed by atoms with van der Waals surface area (Å²) >= 11 is 1.61. The highest BCUT2D eigenvalue weighted by Gasteiger charge is 2.23. The molecule has 1 aromatic heterocycles. The average molecular weight is 316 g/mol. The first-order valence-corrected chi connectivity index (χ1v) is 8.16. The fourth-order valence-electron chi connectivity index (χ4n) is 2.16. The van der Waals surface area contributed by atoms with Crippen LogP contribution >= 0.6 is 11.8 Å². The molecular weight excluding hydrogens is 300 g/mol. The summed E-state index contributed by atoms with van der Waals surface area (Å²) in [5.41, 5.74) is 1.62. The number of aromatic nitrogens is 2. The standard InChI is InChI=1S/C15H16N4O2S/c20-14-6-9-22-10-13(18-14)15(21)17-11-2-4-12(5-3-11)19-8-1-7-16-19/h1-5,7-8,13H,6,9-10H2,(H,17,21)(H,18,20). The Morgan fingerprint density at radius 1 is 1.36 bits per heavy atom. The molecule has 1 aliphatic heterocycles. The molecule has 22 heavy (non-hydrogen) atoms. The zero-order valence-electron chi connectivity index (χ0n) is 11.9. The normalized spacial score (nSPS) is 18.4. The Hall–Kier alpha value is -2.28. The van der Waals surface area contributed by atoms with E-state index in [0.29, 0.717) is 17.9 Å². The molecule has 1 fully saturated rings. The molecule has 0 aliphatic carbocycles. The van der Waals surface area contributed by atoms with Crippen LogP contribution < -0.4 is 10.6 Å². The summed E-state index contributed by atoms with van der Waals surface area (Å²) in [6, 6.07) is 8.76. The van der Waals surface area contributed by atoms with Gasteiger partial charge in [-0.3, -0.25) is 9.59 Å². The molecule has 2 aromatic rings. The first-order valence-electron chi connectivity index (χ1n) is 7.00. The summed E-state index contributed by atoms with van der Waals surface area (Å²) in [7, 11) is 0. The lowest BCUT2D eigenvalue weighted by molar-refractivity contribution is -0.125. The van der Waals surface area contributed by atoms with Crippen LogP contribution in [0.2, 0.25) is 0 Å². The molecule has 1 unspecified atom stereocenters. The molecule has 6 nitrogen and oxygen atoms in total. The quantitative estimate of drug-likeness (QED) is 0.898. The Kier molecular flexibility index (Phi) is 4.43. The van der Waals surface area contributed by atoms with Crippen LogP contribution in [-0.2, 0) is 9.59 Å². The van der Waals surface area contributed by atoms with Crippen LogP contribution in [-0.4, -0.2) is 39.1 Å². The van der Waals surface area contributed by atoms with Gasteiger partial charge in [0.2, 0.25) is 11.8 Å². The Balaban J connectivity index is 1.65. The van der Waals surface area contributed by atoms with Crippen LogP contribution in [0.25, 0.3) is 5.69 Å². The largest absolute Gasteiger partial charge is 0.343 e. The van der Waals surface area contributed by atoms with E-state index in [4.69, 9.17) is 0 Å². The van der Waals surface area contributed by atoms with Gasteiger partial charge in [-0.15, -0.1) is 0 Å². The van der Waals surface area contributed by atoms with Crippen molar-refractivity contribution in [2.45, 2.75) is 12.5 Å². The molecule has 3 rings (SSSR count). The molecule has 1 aliphatic rings. The highest BCUT2D eigenvalue weighted by molar-refractivity contribution is 7.99. The molecule has 0 radical (unpaired) electrons. The monoisotopic (exact) mass is 316 g/mol. The predicted molar refractivity (Wildman–Crippen MR) is 86.1 cm³/mol. The number of carbonyl (C=O) groups is 2. The van der Waals surface area contributed by atoms with Gasteiger partial charge in [0, 0.05) is 36.0 Å². The fraction of sp³-hybridized carbons (Fsp3) is 0.267. The van der Waals surface area contributed by atoms with Gasteiger partial charge in [-0.1, -0.05) is 0 Å². The Labute approximate surface area is 132 Å². The van der Waals surface area contributed by atoms with Crippen LogP contribution in [0.1, 0.15) is 6.42 Å². The number of hydrogen-bond acceptors (Lipinski definition) is 4. The molecule has 1 aromatic carbocycles. The zero-order valence-corrected chi connectivity index (χ0v) is 12.7. The van der Waals surface area contributed by atoms with Gasteiger partial charge in [0.1, 0.15) is 6.04 Å². The van der Waals surface area contributed by atoms with E-state index in [1.54, 1.807) is 22.6 Å². The van der Waals surface area contributed by atoms with Crippen LogP contribution in [0.4, 0.5) is 5.69 Å². The van der Waals surface area contributed by atoms with E-state index in [-0.39, 0.29) is 11.8 Å². The second-order valence-electron chi connectivity index (χ2n) is 4.93. The number of benzene rings is 1. The summed E-state index contributed by atoms with van der Waals surface area (Å²) in [6.45, 7) is 0. The van der Waals surface area contributed by atoms with Crippen LogP contribution in [0.3, 0.4) is 0 Å². The van der Waals surface area contributed by atoms with E-state index < -0.39 is 6.04 Å². The number of nitrogens with zero attached hydrogens (tertiary/aromatic N) is 2. The minimum atomic E-state index is -0.481. The average Bonchev–Trinajstić information content (AvgIpc) is 2.97. The van der Waals surface area contributed by atoms with Crippen molar-refractivity contribution in [1.82, 2.24) is 15.1 Å². The first-order chi connectivity index (χ1) is 10.7. The van der Waals surface area contributed by atoms with Crippen LogP contribution in [0.5, 0.6) is 0 Å². The van der Waals surface area contributed by atoms with E-state index in [2.05, 4.69) is 15.7 Å². The molecule has 2 N–H and O–H groups in total. The summed E-state index contributed by atoms with van der Waals surface area (Å²) in [6.07, 6.45) is 4.03. The second-order valence-corrected chi connectivity index (χ2v) is 6.08. The van der Waals surface area contributed by atoms with E-state index in [9.17, 15) is 9.59 Å². The first kappa shape index (κ1) is 14.6. The third kappa shape index (κ3) is 3.48. The van der Waals surface area contributed by atoms with Crippen molar-refractivity contribution in [3.8, 4) is 5.69 Å². The zero-order chi connectivity index (χ0) is 15.4. The fourth-order valence-corrected chi connectivity index (χ4v) is 3.13. The molecule has 0 spiro atoms. The lowest BCUT2D eigenvalue weighted by Gasteiger charge is -2.15. The SMILES string of the molecule is O=C1CCSCC(C(=O)Nc2ccc(-n3cccn3)cc2)N1. The predicted octanol–water partition coefficient (Wildman–Crippen LogP) is 1.43. The van der Waals surface area contributed by atoms with Gasteiger partial charge in [0.05, 0.1) is 5.69 Å². The summed E-state index contributed by atoms with van der Waals surface area (Å²) < 4.78 is 1.74. The second kappa shape index (κ2) is 6.65. The molecule has 1 saturated heterocycles. The molecule has 7 heteroatoms.